The lowest BCUT2D eigenvalue weighted by molar-refractivity contribution is 0.986. The van der Waals surface area contributed by atoms with Crippen LogP contribution in [0.1, 0.15) is 23.9 Å². The maximum absolute atomic E-state index is 4.41. The van der Waals surface area contributed by atoms with Gasteiger partial charge in [0, 0.05) is 11.1 Å². The Kier molecular flexibility index (Phi) is 4.37. The van der Waals surface area contributed by atoms with Gasteiger partial charge in [-0.05, 0) is 40.5 Å². The van der Waals surface area contributed by atoms with E-state index >= 15 is 0 Å². The number of rotatable bonds is 4. The highest BCUT2D eigenvalue weighted by Crippen LogP contribution is 2.36. The van der Waals surface area contributed by atoms with Crippen LogP contribution in [0.5, 0.6) is 0 Å². The van der Waals surface area contributed by atoms with Gasteiger partial charge in [-0.25, -0.2) is 0 Å². The fraction of sp³-hybridized carbons (Fsp3) is 0.182. The van der Waals surface area contributed by atoms with E-state index in [0.29, 0.717) is 0 Å². The van der Waals surface area contributed by atoms with Gasteiger partial charge in [-0.1, -0.05) is 79.0 Å². The Morgan fingerprint density at radius 2 is 1.39 bits per heavy atom. The van der Waals surface area contributed by atoms with Crippen LogP contribution in [0.4, 0.5) is 0 Å². The first-order valence-electron chi connectivity index (χ1n) is 9.37. The fourth-order valence-corrected chi connectivity index (χ4v) is 5.03. The Morgan fingerprint density at radius 3 is 2.14 bits per heavy atom. The summed E-state index contributed by atoms with van der Waals surface area (Å²) in [4.78, 5) is 0. The van der Waals surface area contributed by atoms with E-state index in [4.69, 9.17) is 0 Å². The van der Waals surface area contributed by atoms with Crippen LogP contribution in [0.15, 0.2) is 48.5 Å². The summed E-state index contributed by atoms with van der Waals surface area (Å²) in [5.74, 6) is 0. The zero-order valence-corrected chi connectivity index (χ0v) is 17.3. The van der Waals surface area contributed by atoms with Crippen LogP contribution in [-0.4, -0.2) is 20.4 Å². The second-order valence-electron chi connectivity index (χ2n) is 6.61. The Balaban J connectivity index is 1.66. The molecule has 6 heteroatoms. The van der Waals surface area contributed by atoms with Crippen LogP contribution >= 0.6 is 22.7 Å². The average Bonchev–Trinajstić information content (AvgIpc) is 3.42. The number of benzene rings is 3. The lowest BCUT2D eigenvalue weighted by Crippen LogP contribution is -1.84. The normalized spacial score (nSPS) is 11.5. The molecule has 4 nitrogen and oxygen atoms in total. The van der Waals surface area contributed by atoms with Gasteiger partial charge in [0.1, 0.15) is 20.0 Å². The molecule has 0 aliphatic rings. The molecule has 2 heterocycles. The van der Waals surface area contributed by atoms with Crippen molar-refractivity contribution in [1.82, 2.24) is 20.4 Å². The summed E-state index contributed by atoms with van der Waals surface area (Å²) in [5.41, 5.74) is 2.27. The summed E-state index contributed by atoms with van der Waals surface area (Å²) in [6.07, 6.45) is 1.84. The SMILES string of the molecule is CCc1nnc(-c2ccc3c(ccc4c(-c5nnc(CC)s5)cccc43)c2)s1. The van der Waals surface area contributed by atoms with E-state index in [1.165, 1.54) is 21.5 Å². The molecule has 0 N–H and O–H groups in total. The molecule has 0 fully saturated rings. The molecule has 0 saturated heterocycles. The van der Waals surface area contributed by atoms with Crippen molar-refractivity contribution in [2.45, 2.75) is 26.7 Å². The number of aromatic nitrogens is 4. The first-order chi connectivity index (χ1) is 13.8. The number of hydrogen-bond acceptors (Lipinski definition) is 6. The third-order valence-electron chi connectivity index (χ3n) is 4.89. The Morgan fingerprint density at radius 1 is 0.679 bits per heavy atom. The second-order valence-corrected chi connectivity index (χ2v) is 8.74. The molecule has 0 amide bonds. The third-order valence-corrected chi connectivity index (χ3v) is 7.11. The molecule has 0 aliphatic carbocycles. The lowest BCUT2D eigenvalue weighted by Gasteiger charge is -2.08. The minimum absolute atomic E-state index is 0.916. The molecule has 5 aromatic rings. The van der Waals surface area contributed by atoms with Crippen molar-refractivity contribution in [3.8, 4) is 21.1 Å². The molecule has 0 saturated carbocycles. The average molecular weight is 403 g/mol. The predicted molar refractivity (Wildman–Crippen MR) is 118 cm³/mol. The first-order valence-corrected chi connectivity index (χ1v) is 11.0. The molecule has 0 spiro atoms. The number of nitrogens with zero attached hydrogens (tertiary/aromatic N) is 4. The Labute approximate surface area is 170 Å². The van der Waals surface area contributed by atoms with Crippen LogP contribution in [0.25, 0.3) is 42.7 Å². The van der Waals surface area contributed by atoms with Crippen LogP contribution in [0.2, 0.25) is 0 Å². The molecule has 0 bridgehead atoms. The van der Waals surface area contributed by atoms with Crippen LogP contribution in [0, 0.1) is 0 Å². The molecular weight excluding hydrogens is 384 g/mol. The summed E-state index contributed by atoms with van der Waals surface area (Å²) in [5, 5.41) is 26.3. The Bertz CT molecular complexity index is 1300. The zero-order chi connectivity index (χ0) is 19.1. The number of fused-ring (bicyclic) bond motifs is 3. The minimum Gasteiger partial charge on any atom is -0.143 e. The summed E-state index contributed by atoms with van der Waals surface area (Å²) in [6.45, 7) is 4.22. The van der Waals surface area contributed by atoms with Gasteiger partial charge in [0.2, 0.25) is 0 Å². The van der Waals surface area contributed by atoms with Crippen molar-refractivity contribution in [2.75, 3.05) is 0 Å². The maximum atomic E-state index is 4.41. The smallest absolute Gasteiger partial charge is 0.143 e. The van der Waals surface area contributed by atoms with Crippen molar-refractivity contribution < 1.29 is 0 Å². The largest absolute Gasteiger partial charge is 0.148 e. The highest BCUT2D eigenvalue weighted by atomic mass is 32.1. The molecule has 0 aliphatic heterocycles. The van der Waals surface area contributed by atoms with E-state index in [0.717, 1.165) is 44.0 Å². The van der Waals surface area contributed by atoms with Crippen LogP contribution in [-0.2, 0) is 12.8 Å². The summed E-state index contributed by atoms with van der Waals surface area (Å²) < 4.78 is 0. The fourth-order valence-electron chi connectivity index (χ4n) is 3.44. The summed E-state index contributed by atoms with van der Waals surface area (Å²) in [7, 11) is 0. The molecule has 3 aromatic carbocycles. The van der Waals surface area contributed by atoms with Crippen molar-refractivity contribution in [3.05, 3.63) is 58.5 Å². The van der Waals surface area contributed by atoms with Gasteiger partial charge in [-0.15, -0.1) is 20.4 Å². The quantitative estimate of drug-likeness (QED) is 0.338. The van der Waals surface area contributed by atoms with E-state index in [2.05, 4.69) is 82.8 Å². The van der Waals surface area contributed by atoms with Gasteiger partial charge in [0.15, 0.2) is 0 Å². The molecule has 5 rings (SSSR count). The Hall–Kier alpha value is -2.70. The molecule has 28 heavy (non-hydrogen) atoms. The molecule has 0 unspecified atom stereocenters. The van der Waals surface area contributed by atoms with Gasteiger partial charge < -0.3 is 0 Å². The predicted octanol–water partition coefficient (Wildman–Crippen LogP) is 6.15. The van der Waals surface area contributed by atoms with E-state index in [1.807, 2.05) is 0 Å². The van der Waals surface area contributed by atoms with E-state index in [1.54, 1.807) is 22.7 Å². The lowest BCUT2D eigenvalue weighted by atomic mass is 9.97. The topological polar surface area (TPSA) is 51.6 Å². The zero-order valence-electron chi connectivity index (χ0n) is 15.6. The first kappa shape index (κ1) is 17.4. The summed E-state index contributed by atoms with van der Waals surface area (Å²) in [6, 6.07) is 17.4. The van der Waals surface area contributed by atoms with E-state index in [9.17, 15) is 0 Å². The van der Waals surface area contributed by atoms with Gasteiger partial charge in [0.25, 0.3) is 0 Å². The molecule has 138 valence electrons. The molecule has 0 radical (unpaired) electrons. The minimum atomic E-state index is 0.916. The van der Waals surface area contributed by atoms with Crippen molar-refractivity contribution in [2.24, 2.45) is 0 Å². The van der Waals surface area contributed by atoms with Crippen LogP contribution < -0.4 is 0 Å². The highest BCUT2D eigenvalue weighted by Gasteiger charge is 2.12. The molecular formula is C22H18N4S2. The van der Waals surface area contributed by atoms with Crippen molar-refractivity contribution >= 4 is 44.2 Å². The van der Waals surface area contributed by atoms with Gasteiger partial charge in [-0.2, -0.15) is 0 Å². The number of aryl methyl sites for hydroxylation is 2. The second kappa shape index (κ2) is 7.04. The summed E-state index contributed by atoms with van der Waals surface area (Å²) >= 11 is 3.34. The van der Waals surface area contributed by atoms with E-state index in [-0.39, 0.29) is 0 Å². The monoisotopic (exact) mass is 402 g/mol. The van der Waals surface area contributed by atoms with Gasteiger partial charge in [0.05, 0.1) is 0 Å². The van der Waals surface area contributed by atoms with Gasteiger partial charge >= 0.3 is 0 Å². The highest BCUT2D eigenvalue weighted by molar-refractivity contribution is 7.15. The van der Waals surface area contributed by atoms with Crippen molar-refractivity contribution in [3.63, 3.8) is 0 Å². The van der Waals surface area contributed by atoms with E-state index < -0.39 is 0 Å². The molecule has 0 atom stereocenters. The number of hydrogen-bond donors (Lipinski definition) is 0. The standard InChI is InChI=1S/C22H18N4S2/c1-3-19-23-25-21(27-19)14-9-10-15-13(12-14)8-11-17-16(15)6-5-7-18(17)22-26-24-20(4-2)28-22/h5-12H,3-4H2,1-2H3. The third kappa shape index (κ3) is 2.89. The maximum Gasteiger partial charge on any atom is 0.148 e. The molecule has 2 aromatic heterocycles. The van der Waals surface area contributed by atoms with Crippen LogP contribution in [0.3, 0.4) is 0 Å². The van der Waals surface area contributed by atoms with Gasteiger partial charge in [-0.3, -0.25) is 0 Å². The van der Waals surface area contributed by atoms with Crippen molar-refractivity contribution in [1.29, 1.82) is 0 Å².